The molecule has 118 valence electrons. The largest absolute Gasteiger partial charge is 0.465 e. The second kappa shape index (κ2) is 8.71. The molecule has 3 heteroatoms. The smallest absolute Gasteiger partial charge is 0.339 e. The first-order valence-corrected chi connectivity index (χ1v) is 7.88. The van der Waals surface area contributed by atoms with E-state index in [1.54, 1.807) is 0 Å². The second-order valence-electron chi connectivity index (χ2n) is 6.36. The summed E-state index contributed by atoms with van der Waals surface area (Å²) in [4.78, 5) is 14.3. The van der Waals surface area contributed by atoms with E-state index >= 15 is 0 Å². The monoisotopic (exact) mass is 291 g/mol. The maximum atomic E-state index is 12.0. The Morgan fingerprint density at radius 2 is 1.57 bits per heavy atom. The van der Waals surface area contributed by atoms with Crippen LogP contribution in [0.3, 0.4) is 0 Å². The Labute approximate surface area is 129 Å². The van der Waals surface area contributed by atoms with Gasteiger partial charge in [-0.15, -0.1) is 0 Å². The van der Waals surface area contributed by atoms with Gasteiger partial charge < -0.3 is 9.64 Å². The normalized spacial score (nSPS) is 11.0. The van der Waals surface area contributed by atoms with Crippen LogP contribution in [0.4, 0.5) is 5.69 Å². The molecule has 0 aliphatic rings. The van der Waals surface area contributed by atoms with Crippen LogP contribution in [-0.2, 0) is 4.74 Å². The van der Waals surface area contributed by atoms with Crippen LogP contribution >= 0.6 is 0 Å². The molecular formula is C18H29NO2. The van der Waals surface area contributed by atoms with Crippen LogP contribution in [-0.4, -0.2) is 26.2 Å². The van der Waals surface area contributed by atoms with Gasteiger partial charge in [0.1, 0.15) is 0 Å². The lowest BCUT2D eigenvalue weighted by Gasteiger charge is -2.28. The van der Waals surface area contributed by atoms with Crippen molar-refractivity contribution in [1.82, 2.24) is 0 Å². The number of hydrogen-bond acceptors (Lipinski definition) is 3. The van der Waals surface area contributed by atoms with Gasteiger partial charge in [-0.2, -0.15) is 0 Å². The first-order valence-electron chi connectivity index (χ1n) is 7.88. The summed E-state index contributed by atoms with van der Waals surface area (Å²) >= 11 is 0. The van der Waals surface area contributed by atoms with Gasteiger partial charge in [0.25, 0.3) is 0 Å². The van der Waals surface area contributed by atoms with Crippen LogP contribution < -0.4 is 4.90 Å². The number of nitrogens with zero attached hydrogens (tertiary/aromatic N) is 1. The number of hydrogen-bond donors (Lipinski definition) is 0. The van der Waals surface area contributed by atoms with Crippen LogP contribution in [0.25, 0.3) is 0 Å². The molecule has 0 amide bonds. The molecule has 1 rings (SSSR count). The molecule has 0 saturated heterocycles. The SMILES string of the molecule is COC(=O)c1ccccc1N(CCC(C)C)CCC(C)C. The van der Waals surface area contributed by atoms with Crippen molar-refractivity contribution in [3.8, 4) is 0 Å². The summed E-state index contributed by atoms with van der Waals surface area (Å²) in [5, 5.41) is 0. The summed E-state index contributed by atoms with van der Waals surface area (Å²) in [6.07, 6.45) is 2.24. The number of benzene rings is 1. The molecular weight excluding hydrogens is 262 g/mol. The molecule has 0 aromatic heterocycles. The molecule has 0 atom stereocenters. The van der Waals surface area contributed by atoms with Crippen molar-refractivity contribution in [3.63, 3.8) is 0 Å². The fourth-order valence-electron chi connectivity index (χ4n) is 2.21. The highest BCUT2D eigenvalue weighted by atomic mass is 16.5. The molecule has 0 aliphatic heterocycles. The summed E-state index contributed by atoms with van der Waals surface area (Å²) in [5.74, 6) is 1.04. The van der Waals surface area contributed by atoms with E-state index in [4.69, 9.17) is 4.74 Å². The van der Waals surface area contributed by atoms with E-state index < -0.39 is 0 Å². The third-order valence-corrected chi connectivity index (χ3v) is 3.60. The lowest BCUT2D eigenvalue weighted by molar-refractivity contribution is 0.0601. The molecule has 3 nitrogen and oxygen atoms in total. The number of carbonyl (C=O) groups is 1. The van der Waals surface area contributed by atoms with Crippen molar-refractivity contribution in [3.05, 3.63) is 29.8 Å². The van der Waals surface area contributed by atoms with Gasteiger partial charge in [0.2, 0.25) is 0 Å². The maximum absolute atomic E-state index is 12.0. The molecule has 0 heterocycles. The van der Waals surface area contributed by atoms with Crippen LogP contribution in [0, 0.1) is 11.8 Å². The number of esters is 1. The van der Waals surface area contributed by atoms with Crippen molar-refractivity contribution >= 4 is 11.7 Å². The number of ether oxygens (including phenoxy) is 1. The first kappa shape index (κ1) is 17.5. The van der Waals surface area contributed by atoms with Crippen LogP contribution in [0.2, 0.25) is 0 Å². The zero-order valence-corrected chi connectivity index (χ0v) is 14.1. The van der Waals surface area contributed by atoms with Crippen molar-refractivity contribution in [2.24, 2.45) is 11.8 Å². The minimum absolute atomic E-state index is 0.260. The molecule has 21 heavy (non-hydrogen) atoms. The predicted octanol–water partition coefficient (Wildman–Crippen LogP) is 4.37. The highest BCUT2D eigenvalue weighted by molar-refractivity contribution is 5.95. The van der Waals surface area contributed by atoms with E-state index in [9.17, 15) is 4.79 Å². The minimum atomic E-state index is -0.260. The van der Waals surface area contributed by atoms with Gasteiger partial charge in [0, 0.05) is 13.1 Å². The van der Waals surface area contributed by atoms with Gasteiger partial charge >= 0.3 is 5.97 Å². The van der Waals surface area contributed by atoms with Crippen molar-refractivity contribution in [2.45, 2.75) is 40.5 Å². The Kier molecular flexibility index (Phi) is 7.27. The lowest BCUT2D eigenvalue weighted by atomic mass is 10.1. The van der Waals surface area contributed by atoms with E-state index in [0.717, 1.165) is 31.6 Å². The molecule has 0 bridgehead atoms. The molecule has 0 unspecified atom stereocenters. The van der Waals surface area contributed by atoms with Crippen LogP contribution in [0.5, 0.6) is 0 Å². The van der Waals surface area contributed by atoms with Crippen LogP contribution in [0.15, 0.2) is 24.3 Å². The quantitative estimate of drug-likeness (QED) is 0.666. The molecule has 0 spiro atoms. The fourth-order valence-corrected chi connectivity index (χ4v) is 2.21. The summed E-state index contributed by atoms with van der Waals surface area (Å²) in [6.45, 7) is 10.9. The zero-order valence-electron chi connectivity index (χ0n) is 14.1. The van der Waals surface area contributed by atoms with Gasteiger partial charge in [-0.25, -0.2) is 4.79 Å². The Balaban J connectivity index is 2.97. The molecule has 0 fully saturated rings. The summed E-state index contributed by atoms with van der Waals surface area (Å²) in [5.41, 5.74) is 1.65. The van der Waals surface area contributed by atoms with Crippen molar-refractivity contribution in [2.75, 3.05) is 25.1 Å². The molecule has 0 radical (unpaired) electrons. The van der Waals surface area contributed by atoms with Gasteiger partial charge in [0.15, 0.2) is 0 Å². The molecule has 0 aliphatic carbocycles. The third kappa shape index (κ3) is 5.78. The summed E-state index contributed by atoms with van der Waals surface area (Å²) in [7, 11) is 1.44. The average Bonchev–Trinajstić information content (AvgIpc) is 2.46. The van der Waals surface area contributed by atoms with Crippen LogP contribution in [0.1, 0.15) is 50.9 Å². The van der Waals surface area contributed by atoms with E-state index in [-0.39, 0.29) is 5.97 Å². The van der Waals surface area contributed by atoms with Crippen molar-refractivity contribution < 1.29 is 9.53 Å². The Hall–Kier alpha value is -1.51. The minimum Gasteiger partial charge on any atom is -0.465 e. The molecule has 0 N–H and O–H groups in total. The standard InChI is InChI=1S/C18H29NO2/c1-14(2)10-12-19(13-11-15(3)4)17-9-7-6-8-16(17)18(20)21-5/h6-9,14-15H,10-13H2,1-5H3. The van der Waals surface area contributed by atoms with E-state index in [1.165, 1.54) is 7.11 Å². The van der Waals surface area contributed by atoms with Gasteiger partial charge in [-0.3, -0.25) is 0 Å². The Morgan fingerprint density at radius 1 is 1.05 bits per heavy atom. The van der Waals surface area contributed by atoms with E-state index in [1.807, 2.05) is 24.3 Å². The highest BCUT2D eigenvalue weighted by Gasteiger charge is 2.17. The average molecular weight is 291 g/mol. The third-order valence-electron chi connectivity index (χ3n) is 3.60. The summed E-state index contributed by atoms with van der Waals surface area (Å²) in [6, 6.07) is 7.74. The van der Waals surface area contributed by atoms with Gasteiger partial charge in [-0.05, 0) is 36.8 Å². The molecule has 1 aromatic carbocycles. The predicted molar refractivity (Wildman–Crippen MR) is 88.9 cm³/mol. The first-order chi connectivity index (χ1) is 9.95. The molecule has 0 saturated carbocycles. The van der Waals surface area contributed by atoms with E-state index in [0.29, 0.717) is 17.4 Å². The zero-order chi connectivity index (χ0) is 15.8. The fraction of sp³-hybridized carbons (Fsp3) is 0.611. The topological polar surface area (TPSA) is 29.5 Å². The number of carbonyl (C=O) groups excluding carboxylic acids is 1. The van der Waals surface area contributed by atoms with E-state index in [2.05, 4.69) is 32.6 Å². The lowest BCUT2D eigenvalue weighted by Crippen LogP contribution is -2.29. The van der Waals surface area contributed by atoms with Crippen molar-refractivity contribution in [1.29, 1.82) is 0 Å². The molecule has 1 aromatic rings. The summed E-state index contributed by atoms with van der Waals surface area (Å²) < 4.78 is 4.91. The number of anilines is 1. The Morgan fingerprint density at radius 3 is 2.05 bits per heavy atom. The number of methoxy groups -OCH3 is 1. The van der Waals surface area contributed by atoms with Gasteiger partial charge in [0.05, 0.1) is 18.4 Å². The maximum Gasteiger partial charge on any atom is 0.339 e. The van der Waals surface area contributed by atoms with Gasteiger partial charge in [-0.1, -0.05) is 39.8 Å². The highest BCUT2D eigenvalue weighted by Crippen LogP contribution is 2.23. The number of para-hydroxylation sites is 1. The Bertz CT molecular complexity index is 429. The number of rotatable bonds is 8. The second-order valence-corrected chi connectivity index (χ2v) is 6.36.